The Morgan fingerprint density at radius 1 is 1.00 bits per heavy atom. The van der Waals surface area contributed by atoms with Gasteiger partial charge >= 0.3 is 0 Å². The maximum Gasteiger partial charge on any atom is 0.253 e. The number of nitrogens with zero attached hydrogens (tertiary/aromatic N) is 1. The summed E-state index contributed by atoms with van der Waals surface area (Å²) in [5.41, 5.74) is 1.37. The molecule has 0 heterocycles. The zero-order valence-electron chi connectivity index (χ0n) is 13.1. The first-order chi connectivity index (χ1) is 10.9. The molecule has 0 N–H and O–H groups in total. The Kier molecular flexibility index (Phi) is 5.74. The fourth-order valence-corrected chi connectivity index (χ4v) is 2.75. The van der Waals surface area contributed by atoms with Crippen LogP contribution >= 0.6 is 23.2 Å². The van der Waals surface area contributed by atoms with Gasteiger partial charge in [-0.3, -0.25) is 4.79 Å². The van der Waals surface area contributed by atoms with Gasteiger partial charge in [-0.25, -0.2) is 0 Å². The second-order valence-electron chi connectivity index (χ2n) is 5.01. The highest BCUT2D eigenvalue weighted by Gasteiger charge is 2.14. The molecule has 0 saturated heterocycles. The van der Waals surface area contributed by atoms with Crippen molar-refractivity contribution in [2.24, 2.45) is 0 Å². The number of hydrogen-bond acceptors (Lipinski definition) is 3. The standard InChI is InChI=1S/C17H17Cl2NO3/c1-20(17(21)12-7-13(18)9-14(19)8-12)10-11-4-5-15(22-2)16(6-11)23-3/h4-9H,10H2,1-3H3. The van der Waals surface area contributed by atoms with Gasteiger partial charge in [-0.05, 0) is 35.9 Å². The van der Waals surface area contributed by atoms with Crippen LogP contribution in [0.25, 0.3) is 0 Å². The van der Waals surface area contributed by atoms with Gasteiger partial charge in [0, 0.05) is 29.2 Å². The minimum Gasteiger partial charge on any atom is -0.493 e. The van der Waals surface area contributed by atoms with Gasteiger partial charge in [0.05, 0.1) is 14.2 Å². The molecular formula is C17H17Cl2NO3. The van der Waals surface area contributed by atoms with Crippen molar-refractivity contribution in [1.29, 1.82) is 0 Å². The van der Waals surface area contributed by atoms with Crippen molar-refractivity contribution >= 4 is 29.1 Å². The van der Waals surface area contributed by atoms with Crippen molar-refractivity contribution in [3.63, 3.8) is 0 Å². The number of carbonyl (C=O) groups is 1. The third-order valence-corrected chi connectivity index (χ3v) is 3.76. The molecule has 0 bridgehead atoms. The molecule has 23 heavy (non-hydrogen) atoms. The number of methoxy groups -OCH3 is 2. The lowest BCUT2D eigenvalue weighted by molar-refractivity contribution is 0.0785. The lowest BCUT2D eigenvalue weighted by Crippen LogP contribution is -2.26. The first kappa shape index (κ1) is 17.4. The number of amides is 1. The van der Waals surface area contributed by atoms with E-state index >= 15 is 0 Å². The first-order valence-electron chi connectivity index (χ1n) is 6.87. The molecule has 122 valence electrons. The number of carbonyl (C=O) groups excluding carboxylic acids is 1. The molecule has 0 unspecified atom stereocenters. The van der Waals surface area contributed by atoms with Gasteiger partial charge in [-0.1, -0.05) is 29.3 Å². The zero-order chi connectivity index (χ0) is 17.0. The minimum atomic E-state index is -0.163. The molecule has 0 aromatic heterocycles. The zero-order valence-corrected chi connectivity index (χ0v) is 14.6. The quantitative estimate of drug-likeness (QED) is 0.804. The summed E-state index contributed by atoms with van der Waals surface area (Å²) in [6.45, 7) is 0.420. The molecular weight excluding hydrogens is 337 g/mol. The van der Waals surface area contributed by atoms with Crippen LogP contribution in [0.15, 0.2) is 36.4 Å². The second kappa shape index (κ2) is 7.57. The monoisotopic (exact) mass is 353 g/mol. The van der Waals surface area contributed by atoms with E-state index < -0.39 is 0 Å². The van der Waals surface area contributed by atoms with E-state index in [1.807, 2.05) is 18.2 Å². The molecule has 1 amide bonds. The largest absolute Gasteiger partial charge is 0.493 e. The fraction of sp³-hybridized carbons (Fsp3) is 0.235. The van der Waals surface area contributed by atoms with Gasteiger partial charge in [0.2, 0.25) is 0 Å². The molecule has 0 atom stereocenters. The molecule has 2 aromatic rings. The normalized spacial score (nSPS) is 10.3. The van der Waals surface area contributed by atoms with Crippen molar-refractivity contribution < 1.29 is 14.3 Å². The maximum atomic E-state index is 12.5. The summed E-state index contributed by atoms with van der Waals surface area (Å²) in [4.78, 5) is 14.1. The van der Waals surface area contributed by atoms with E-state index in [0.717, 1.165) is 5.56 Å². The average Bonchev–Trinajstić information content (AvgIpc) is 2.52. The van der Waals surface area contributed by atoms with Gasteiger partial charge in [0.1, 0.15) is 0 Å². The van der Waals surface area contributed by atoms with E-state index in [4.69, 9.17) is 32.7 Å². The Bertz CT molecular complexity index is 699. The molecule has 0 fully saturated rings. The molecule has 0 spiro atoms. The van der Waals surface area contributed by atoms with E-state index in [1.165, 1.54) is 0 Å². The van der Waals surface area contributed by atoms with Crippen molar-refractivity contribution in [2.45, 2.75) is 6.54 Å². The molecule has 2 aromatic carbocycles. The summed E-state index contributed by atoms with van der Waals surface area (Å²) >= 11 is 11.9. The molecule has 4 nitrogen and oxygen atoms in total. The average molecular weight is 354 g/mol. The predicted octanol–water partition coefficient (Wildman–Crippen LogP) is 4.28. The first-order valence-corrected chi connectivity index (χ1v) is 7.62. The molecule has 0 saturated carbocycles. The van der Waals surface area contributed by atoms with Gasteiger partial charge in [0.15, 0.2) is 11.5 Å². The minimum absolute atomic E-state index is 0.163. The van der Waals surface area contributed by atoms with Gasteiger partial charge in [-0.2, -0.15) is 0 Å². The van der Waals surface area contributed by atoms with Crippen LogP contribution in [-0.2, 0) is 6.54 Å². The van der Waals surface area contributed by atoms with Crippen LogP contribution in [0.4, 0.5) is 0 Å². The highest BCUT2D eigenvalue weighted by Crippen LogP contribution is 2.28. The van der Waals surface area contributed by atoms with E-state index in [9.17, 15) is 4.79 Å². The van der Waals surface area contributed by atoms with Crippen LogP contribution < -0.4 is 9.47 Å². The number of benzene rings is 2. The molecule has 0 aliphatic rings. The third kappa shape index (κ3) is 4.30. The lowest BCUT2D eigenvalue weighted by Gasteiger charge is -2.18. The molecule has 0 radical (unpaired) electrons. The summed E-state index contributed by atoms with van der Waals surface area (Å²) in [6.07, 6.45) is 0. The summed E-state index contributed by atoms with van der Waals surface area (Å²) in [5.74, 6) is 1.10. The van der Waals surface area contributed by atoms with Crippen molar-refractivity contribution in [1.82, 2.24) is 4.90 Å². The van der Waals surface area contributed by atoms with E-state index in [0.29, 0.717) is 33.7 Å². The summed E-state index contributed by atoms with van der Waals surface area (Å²) in [5, 5.41) is 0.862. The van der Waals surface area contributed by atoms with Crippen LogP contribution in [-0.4, -0.2) is 32.1 Å². The molecule has 6 heteroatoms. The number of hydrogen-bond donors (Lipinski definition) is 0. The van der Waals surface area contributed by atoms with Crippen LogP contribution in [0, 0.1) is 0 Å². The van der Waals surface area contributed by atoms with Crippen LogP contribution in [0.2, 0.25) is 10.0 Å². The van der Waals surface area contributed by atoms with Crippen LogP contribution in [0.1, 0.15) is 15.9 Å². The fourth-order valence-electron chi connectivity index (χ4n) is 2.22. The third-order valence-electron chi connectivity index (χ3n) is 3.32. The maximum absolute atomic E-state index is 12.5. The van der Waals surface area contributed by atoms with Gasteiger partial charge in [-0.15, -0.1) is 0 Å². The summed E-state index contributed by atoms with van der Waals surface area (Å²) in [7, 11) is 4.87. The van der Waals surface area contributed by atoms with Crippen LogP contribution in [0.3, 0.4) is 0 Å². The second-order valence-corrected chi connectivity index (χ2v) is 5.88. The highest BCUT2D eigenvalue weighted by atomic mass is 35.5. The molecule has 0 aliphatic carbocycles. The van der Waals surface area contributed by atoms with Crippen molar-refractivity contribution in [2.75, 3.05) is 21.3 Å². The Labute approximate surface area is 145 Å². The van der Waals surface area contributed by atoms with Crippen molar-refractivity contribution in [3.05, 3.63) is 57.6 Å². The van der Waals surface area contributed by atoms with E-state index in [1.54, 1.807) is 44.4 Å². The smallest absolute Gasteiger partial charge is 0.253 e. The Balaban J connectivity index is 2.18. The number of ether oxygens (including phenoxy) is 2. The van der Waals surface area contributed by atoms with Gasteiger partial charge < -0.3 is 14.4 Å². The Hall–Kier alpha value is -1.91. The Morgan fingerprint density at radius 3 is 2.17 bits per heavy atom. The SMILES string of the molecule is COc1ccc(CN(C)C(=O)c2cc(Cl)cc(Cl)c2)cc1OC. The summed E-state index contributed by atoms with van der Waals surface area (Å²) < 4.78 is 10.5. The predicted molar refractivity (Wildman–Crippen MR) is 91.8 cm³/mol. The van der Waals surface area contributed by atoms with E-state index in [-0.39, 0.29) is 5.91 Å². The van der Waals surface area contributed by atoms with Gasteiger partial charge in [0.25, 0.3) is 5.91 Å². The summed E-state index contributed by atoms with van der Waals surface area (Å²) in [6, 6.07) is 10.3. The van der Waals surface area contributed by atoms with Crippen LogP contribution in [0.5, 0.6) is 11.5 Å². The molecule has 0 aliphatic heterocycles. The van der Waals surface area contributed by atoms with E-state index in [2.05, 4.69) is 0 Å². The molecule has 2 rings (SSSR count). The topological polar surface area (TPSA) is 38.8 Å². The Morgan fingerprint density at radius 2 is 1.61 bits per heavy atom. The lowest BCUT2D eigenvalue weighted by atomic mass is 10.1. The van der Waals surface area contributed by atoms with Crippen molar-refractivity contribution in [3.8, 4) is 11.5 Å². The number of rotatable bonds is 5. The number of halogens is 2. The highest BCUT2D eigenvalue weighted by molar-refractivity contribution is 6.35.